The Morgan fingerprint density at radius 2 is 1.61 bits per heavy atom. The number of hydrogen-bond acceptors (Lipinski definition) is 6. The maximum Gasteiger partial charge on any atom is 0.260 e. The van der Waals surface area contributed by atoms with E-state index in [1.54, 1.807) is 18.2 Å². The lowest BCUT2D eigenvalue weighted by Gasteiger charge is -2.36. The maximum absolute atomic E-state index is 13.2. The first-order chi connectivity index (χ1) is 17.6. The highest BCUT2D eigenvalue weighted by Gasteiger charge is 2.21. The lowest BCUT2D eigenvalue weighted by atomic mass is 10.1. The standard InChI is InChI=1S/C28H38N4O4/c1-3-30-16-18-31(19-17-30)24-11-7-6-10-23(24)29-28(34)22-12-13-25(26(20-22)35-4-2)36-21-27(33)32-14-8-5-9-15-32/h6-7,10-13,20H,3-5,8-9,14-19,21H2,1-2H3,(H,29,34). The van der Waals surface area contributed by atoms with Gasteiger partial charge in [-0.3, -0.25) is 9.59 Å². The highest BCUT2D eigenvalue weighted by Crippen LogP contribution is 2.31. The van der Waals surface area contributed by atoms with Crippen LogP contribution in [0.4, 0.5) is 11.4 Å². The summed E-state index contributed by atoms with van der Waals surface area (Å²) in [6.45, 7) is 11.0. The number of amides is 2. The second-order valence-corrected chi connectivity index (χ2v) is 9.22. The minimum atomic E-state index is -0.216. The molecule has 194 valence electrons. The molecule has 2 aliphatic rings. The smallest absolute Gasteiger partial charge is 0.260 e. The van der Waals surface area contributed by atoms with E-state index in [1.165, 1.54) is 6.42 Å². The number of para-hydroxylation sites is 2. The van der Waals surface area contributed by atoms with Gasteiger partial charge in [0.1, 0.15) is 0 Å². The summed E-state index contributed by atoms with van der Waals surface area (Å²) < 4.78 is 11.6. The molecule has 8 nitrogen and oxygen atoms in total. The van der Waals surface area contributed by atoms with Crippen LogP contribution in [0.3, 0.4) is 0 Å². The van der Waals surface area contributed by atoms with Gasteiger partial charge in [-0.2, -0.15) is 0 Å². The quantitative estimate of drug-likeness (QED) is 0.571. The van der Waals surface area contributed by atoms with E-state index in [-0.39, 0.29) is 18.4 Å². The van der Waals surface area contributed by atoms with Crippen LogP contribution >= 0.6 is 0 Å². The van der Waals surface area contributed by atoms with Crippen molar-refractivity contribution >= 4 is 23.2 Å². The van der Waals surface area contributed by atoms with Crippen molar-refractivity contribution in [1.82, 2.24) is 9.80 Å². The van der Waals surface area contributed by atoms with Gasteiger partial charge in [-0.05, 0) is 63.1 Å². The molecule has 0 radical (unpaired) electrons. The molecule has 0 saturated carbocycles. The fraction of sp³-hybridized carbons (Fsp3) is 0.500. The molecule has 0 spiro atoms. The summed E-state index contributed by atoms with van der Waals surface area (Å²) in [6.07, 6.45) is 3.25. The molecule has 4 rings (SSSR count). The van der Waals surface area contributed by atoms with Crippen molar-refractivity contribution in [1.29, 1.82) is 0 Å². The zero-order valence-corrected chi connectivity index (χ0v) is 21.5. The molecule has 0 aromatic heterocycles. The number of piperazine rings is 1. The summed E-state index contributed by atoms with van der Waals surface area (Å²) in [4.78, 5) is 32.3. The Labute approximate surface area is 214 Å². The third kappa shape index (κ3) is 6.49. The van der Waals surface area contributed by atoms with Crippen LogP contribution in [0.5, 0.6) is 11.5 Å². The summed E-state index contributed by atoms with van der Waals surface area (Å²) >= 11 is 0. The average molecular weight is 495 g/mol. The maximum atomic E-state index is 13.2. The minimum absolute atomic E-state index is 0.0182. The van der Waals surface area contributed by atoms with E-state index in [0.717, 1.165) is 70.0 Å². The second-order valence-electron chi connectivity index (χ2n) is 9.22. The lowest BCUT2D eigenvalue weighted by molar-refractivity contribution is -0.134. The number of rotatable bonds is 9. The fourth-order valence-corrected chi connectivity index (χ4v) is 4.77. The van der Waals surface area contributed by atoms with E-state index < -0.39 is 0 Å². The topological polar surface area (TPSA) is 74.4 Å². The third-order valence-corrected chi connectivity index (χ3v) is 6.88. The van der Waals surface area contributed by atoms with E-state index in [4.69, 9.17) is 9.47 Å². The van der Waals surface area contributed by atoms with Crippen LogP contribution in [-0.2, 0) is 4.79 Å². The fourth-order valence-electron chi connectivity index (χ4n) is 4.77. The first kappa shape index (κ1) is 25.8. The number of nitrogens with one attached hydrogen (secondary N) is 1. The summed E-state index contributed by atoms with van der Waals surface area (Å²) in [5, 5.41) is 3.08. The van der Waals surface area contributed by atoms with Gasteiger partial charge in [0.2, 0.25) is 0 Å². The van der Waals surface area contributed by atoms with Crippen LogP contribution in [0, 0.1) is 0 Å². The Kier molecular flexibility index (Phi) is 9.06. The Morgan fingerprint density at radius 1 is 0.861 bits per heavy atom. The van der Waals surface area contributed by atoms with Crippen LogP contribution in [-0.4, -0.2) is 80.6 Å². The molecule has 2 aromatic rings. The Bertz CT molecular complexity index is 1030. The number of carbonyl (C=O) groups excluding carboxylic acids is 2. The van der Waals surface area contributed by atoms with Crippen molar-refractivity contribution < 1.29 is 19.1 Å². The Morgan fingerprint density at radius 3 is 2.33 bits per heavy atom. The average Bonchev–Trinajstić information content (AvgIpc) is 2.93. The van der Waals surface area contributed by atoms with Crippen LogP contribution < -0.4 is 19.7 Å². The van der Waals surface area contributed by atoms with Crippen LogP contribution in [0.15, 0.2) is 42.5 Å². The van der Waals surface area contributed by atoms with E-state index in [9.17, 15) is 9.59 Å². The number of piperidine rings is 1. The van der Waals surface area contributed by atoms with Crippen molar-refractivity contribution in [3.05, 3.63) is 48.0 Å². The number of nitrogens with zero attached hydrogens (tertiary/aromatic N) is 3. The highest BCUT2D eigenvalue weighted by molar-refractivity contribution is 6.06. The summed E-state index contributed by atoms with van der Waals surface area (Å²) in [5.41, 5.74) is 2.29. The molecule has 0 aliphatic carbocycles. The Hall–Kier alpha value is -3.26. The van der Waals surface area contributed by atoms with Crippen LogP contribution in [0.25, 0.3) is 0 Å². The van der Waals surface area contributed by atoms with Crippen LogP contribution in [0.1, 0.15) is 43.5 Å². The normalized spacial score (nSPS) is 16.5. The molecule has 0 bridgehead atoms. The molecular formula is C28H38N4O4. The minimum Gasteiger partial charge on any atom is -0.490 e. The molecule has 2 heterocycles. The molecule has 2 amide bonds. The van der Waals surface area contributed by atoms with Gasteiger partial charge in [-0.25, -0.2) is 0 Å². The summed E-state index contributed by atoms with van der Waals surface area (Å²) in [6, 6.07) is 13.0. The predicted molar refractivity (Wildman–Crippen MR) is 142 cm³/mol. The zero-order valence-electron chi connectivity index (χ0n) is 21.5. The van der Waals surface area contributed by atoms with Crippen LogP contribution in [0.2, 0.25) is 0 Å². The van der Waals surface area contributed by atoms with Gasteiger partial charge in [0.05, 0.1) is 18.0 Å². The number of likely N-dealkylation sites (tertiary alicyclic amines) is 1. The van der Waals surface area contributed by atoms with Crippen molar-refractivity contribution in [2.24, 2.45) is 0 Å². The molecule has 0 unspecified atom stereocenters. The molecule has 8 heteroatoms. The molecular weight excluding hydrogens is 456 g/mol. The first-order valence-corrected chi connectivity index (χ1v) is 13.1. The van der Waals surface area contributed by atoms with Crippen molar-refractivity contribution in [2.75, 3.05) is 69.2 Å². The summed E-state index contributed by atoms with van der Waals surface area (Å²) in [7, 11) is 0. The van der Waals surface area contributed by atoms with Gasteiger partial charge in [0, 0.05) is 44.8 Å². The zero-order chi connectivity index (χ0) is 25.3. The lowest BCUT2D eigenvalue weighted by Crippen LogP contribution is -2.46. The monoisotopic (exact) mass is 494 g/mol. The van der Waals surface area contributed by atoms with Crippen molar-refractivity contribution in [2.45, 2.75) is 33.1 Å². The van der Waals surface area contributed by atoms with E-state index >= 15 is 0 Å². The number of hydrogen-bond donors (Lipinski definition) is 1. The first-order valence-electron chi connectivity index (χ1n) is 13.1. The van der Waals surface area contributed by atoms with E-state index in [2.05, 4.69) is 28.1 Å². The van der Waals surface area contributed by atoms with Gasteiger partial charge in [0.15, 0.2) is 18.1 Å². The molecule has 2 aromatic carbocycles. The number of benzene rings is 2. The SMILES string of the molecule is CCOc1cc(C(=O)Nc2ccccc2N2CCN(CC)CC2)ccc1OCC(=O)N1CCCCC1. The van der Waals surface area contributed by atoms with Gasteiger partial charge < -0.3 is 29.5 Å². The van der Waals surface area contributed by atoms with Crippen molar-refractivity contribution in [3.8, 4) is 11.5 Å². The number of anilines is 2. The highest BCUT2D eigenvalue weighted by atomic mass is 16.5. The predicted octanol–water partition coefficient (Wildman–Crippen LogP) is 3.87. The number of ether oxygens (including phenoxy) is 2. The van der Waals surface area contributed by atoms with E-state index in [1.807, 2.05) is 30.0 Å². The molecule has 2 fully saturated rings. The van der Waals surface area contributed by atoms with Crippen molar-refractivity contribution in [3.63, 3.8) is 0 Å². The summed E-state index contributed by atoms with van der Waals surface area (Å²) in [5.74, 6) is 0.690. The Balaban J connectivity index is 1.43. The molecule has 0 atom stereocenters. The number of carbonyl (C=O) groups is 2. The molecule has 1 N–H and O–H groups in total. The van der Waals surface area contributed by atoms with Gasteiger partial charge in [-0.1, -0.05) is 19.1 Å². The second kappa shape index (κ2) is 12.6. The van der Waals surface area contributed by atoms with Gasteiger partial charge in [0.25, 0.3) is 11.8 Å². The van der Waals surface area contributed by atoms with Gasteiger partial charge in [-0.15, -0.1) is 0 Å². The largest absolute Gasteiger partial charge is 0.490 e. The van der Waals surface area contributed by atoms with Gasteiger partial charge >= 0.3 is 0 Å². The van der Waals surface area contributed by atoms with E-state index in [0.29, 0.717) is 23.7 Å². The molecule has 36 heavy (non-hydrogen) atoms. The molecule has 2 aliphatic heterocycles. The number of likely N-dealkylation sites (N-methyl/N-ethyl adjacent to an activating group) is 1. The third-order valence-electron chi connectivity index (χ3n) is 6.88. The molecule has 2 saturated heterocycles.